The van der Waals surface area contributed by atoms with Crippen LogP contribution in [0.5, 0.6) is 0 Å². The van der Waals surface area contributed by atoms with Crippen molar-refractivity contribution in [2.45, 2.75) is 0 Å². The van der Waals surface area contributed by atoms with E-state index >= 15 is 0 Å². The van der Waals surface area contributed by atoms with Gasteiger partial charge in [0.15, 0.2) is 5.82 Å². The Morgan fingerprint density at radius 3 is 2.80 bits per heavy atom. The van der Waals surface area contributed by atoms with Gasteiger partial charge in [-0.1, -0.05) is 23.2 Å². The molecule has 2 rings (SSSR count). The van der Waals surface area contributed by atoms with Gasteiger partial charge in [-0.05, 0) is 24.3 Å². The molecule has 104 valence electrons. The van der Waals surface area contributed by atoms with Gasteiger partial charge in [0, 0.05) is 11.2 Å². The van der Waals surface area contributed by atoms with Gasteiger partial charge in [0.2, 0.25) is 0 Å². The van der Waals surface area contributed by atoms with Crippen LogP contribution in [0, 0.1) is 0 Å². The number of carbonyl (C=O) groups is 1. The maximum Gasteiger partial charge on any atom is 0.340 e. The lowest BCUT2D eigenvalue weighted by atomic mass is 10.2. The van der Waals surface area contributed by atoms with Crippen LogP contribution in [0.3, 0.4) is 0 Å². The summed E-state index contributed by atoms with van der Waals surface area (Å²) in [6.45, 7) is 0. The molecule has 0 fully saturated rings. The number of nitrogens with zero attached hydrogens (tertiary/aromatic N) is 1. The summed E-state index contributed by atoms with van der Waals surface area (Å²) in [5.74, 6) is -0.234. The van der Waals surface area contributed by atoms with Crippen molar-refractivity contribution in [2.24, 2.45) is 0 Å². The highest BCUT2D eigenvalue weighted by Crippen LogP contribution is 2.30. The second-order valence-electron chi connectivity index (χ2n) is 3.86. The van der Waals surface area contributed by atoms with Crippen LogP contribution in [0.2, 0.25) is 10.0 Å². The summed E-state index contributed by atoms with van der Waals surface area (Å²) in [5.41, 5.74) is 6.84. The lowest BCUT2D eigenvalue weighted by molar-refractivity contribution is 0.0602. The minimum Gasteiger partial charge on any atom is -0.465 e. The van der Waals surface area contributed by atoms with Gasteiger partial charge in [-0.25, -0.2) is 9.78 Å². The minimum atomic E-state index is -0.537. The van der Waals surface area contributed by atoms with E-state index in [2.05, 4.69) is 15.0 Å². The summed E-state index contributed by atoms with van der Waals surface area (Å²) in [5, 5.41) is 3.91. The van der Waals surface area contributed by atoms with Crippen molar-refractivity contribution in [3.8, 4) is 0 Å². The molecule has 0 amide bonds. The van der Waals surface area contributed by atoms with E-state index in [1.54, 1.807) is 18.2 Å². The summed E-state index contributed by atoms with van der Waals surface area (Å²) in [7, 11) is 1.28. The van der Waals surface area contributed by atoms with Crippen molar-refractivity contribution in [1.82, 2.24) is 4.98 Å². The predicted octanol–water partition coefficient (Wildman–Crippen LogP) is 3.50. The molecule has 0 atom stereocenters. The van der Waals surface area contributed by atoms with Crippen molar-refractivity contribution in [3.05, 3.63) is 46.1 Å². The predicted molar refractivity (Wildman–Crippen MR) is 79.7 cm³/mol. The van der Waals surface area contributed by atoms with Gasteiger partial charge >= 0.3 is 5.97 Å². The van der Waals surface area contributed by atoms with E-state index in [0.717, 1.165) is 0 Å². The van der Waals surface area contributed by atoms with Gasteiger partial charge in [0.05, 0.1) is 29.1 Å². The molecule has 1 heterocycles. The van der Waals surface area contributed by atoms with Gasteiger partial charge in [-0.2, -0.15) is 0 Å². The number of hydrogen-bond acceptors (Lipinski definition) is 5. The van der Waals surface area contributed by atoms with Crippen molar-refractivity contribution in [1.29, 1.82) is 0 Å². The zero-order valence-corrected chi connectivity index (χ0v) is 12.0. The minimum absolute atomic E-state index is 0.176. The summed E-state index contributed by atoms with van der Waals surface area (Å²) >= 11 is 11.9. The highest BCUT2D eigenvalue weighted by Gasteiger charge is 2.14. The second kappa shape index (κ2) is 5.98. The average Bonchev–Trinajstić information content (AvgIpc) is 2.44. The third-order valence-corrected chi connectivity index (χ3v) is 3.14. The Bertz CT molecular complexity index is 662. The number of ether oxygens (including phenoxy) is 1. The Morgan fingerprint density at radius 1 is 1.35 bits per heavy atom. The van der Waals surface area contributed by atoms with Crippen LogP contribution in [0.15, 0.2) is 30.5 Å². The van der Waals surface area contributed by atoms with Crippen LogP contribution < -0.4 is 11.1 Å². The number of benzene rings is 1. The van der Waals surface area contributed by atoms with E-state index in [9.17, 15) is 4.79 Å². The van der Waals surface area contributed by atoms with Crippen LogP contribution in [0.1, 0.15) is 10.4 Å². The molecule has 3 N–H and O–H groups in total. The van der Waals surface area contributed by atoms with Crippen LogP contribution >= 0.6 is 23.2 Å². The van der Waals surface area contributed by atoms with E-state index in [0.29, 0.717) is 21.6 Å². The number of nitrogens with one attached hydrogen (secondary N) is 1. The van der Waals surface area contributed by atoms with Crippen molar-refractivity contribution in [2.75, 3.05) is 18.2 Å². The average molecular weight is 312 g/mol. The Balaban J connectivity index is 2.39. The van der Waals surface area contributed by atoms with Gasteiger partial charge in [-0.15, -0.1) is 0 Å². The molecule has 20 heavy (non-hydrogen) atoms. The summed E-state index contributed by atoms with van der Waals surface area (Å²) < 4.78 is 4.64. The largest absolute Gasteiger partial charge is 0.465 e. The fourth-order valence-corrected chi connectivity index (χ4v) is 1.92. The molecular formula is C13H11Cl2N3O2. The molecule has 0 radical (unpaired) electrons. The van der Waals surface area contributed by atoms with E-state index < -0.39 is 5.97 Å². The molecule has 2 aromatic rings. The number of esters is 1. The Labute approximate surface area is 125 Å². The topological polar surface area (TPSA) is 77.2 Å². The molecule has 1 aromatic carbocycles. The van der Waals surface area contributed by atoms with Gasteiger partial charge in [0.1, 0.15) is 0 Å². The zero-order valence-electron chi connectivity index (χ0n) is 10.5. The van der Waals surface area contributed by atoms with E-state index in [-0.39, 0.29) is 11.3 Å². The van der Waals surface area contributed by atoms with Crippen LogP contribution in [-0.2, 0) is 4.74 Å². The number of anilines is 3. The quantitative estimate of drug-likeness (QED) is 0.848. The van der Waals surface area contributed by atoms with Gasteiger partial charge in [-0.3, -0.25) is 0 Å². The molecule has 0 unspecified atom stereocenters. The monoisotopic (exact) mass is 311 g/mol. The molecule has 0 aliphatic carbocycles. The van der Waals surface area contributed by atoms with Crippen molar-refractivity contribution >= 4 is 46.4 Å². The second-order valence-corrected chi connectivity index (χ2v) is 4.71. The normalized spacial score (nSPS) is 10.2. The number of carbonyl (C=O) groups excluding carboxylic acids is 1. The molecular weight excluding hydrogens is 301 g/mol. The number of pyridine rings is 1. The molecule has 0 aliphatic heterocycles. The van der Waals surface area contributed by atoms with Crippen LogP contribution in [0.25, 0.3) is 0 Å². The zero-order chi connectivity index (χ0) is 14.7. The van der Waals surface area contributed by atoms with Gasteiger partial charge < -0.3 is 15.8 Å². The number of nitrogen functional groups attached to an aromatic ring is 1. The number of methoxy groups -OCH3 is 1. The summed E-state index contributed by atoms with van der Waals surface area (Å²) in [4.78, 5) is 15.6. The first-order valence-corrected chi connectivity index (χ1v) is 6.33. The summed E-state index contributed by atoms with van der Waals surface area (Å²) in [6.07, 6.45) is 1.45. The Hall–Kier alpha value is -1.98. The lowest BCUT2D eigenvalue weighted by Gasteiger charge is -2.12. The Morgan fingerprint density at radius 2 is 2.10 bits per heavy atom. The smallest absolute Gasteiger partial charge is 0.340 e. The number of halogens is 2. The molecule has 0 spiro atoms. The maximum absolute atomic E-state index is 11.6. The third kappa shape index (κ3) is 2.95. The summed E-state index contributed by atoms with van der Waals surface area (Å²) in [6, 6.07) is 6.42. The molecule has 1 aromatic heterocycles. The standard InChI is InChI=1S/C13H11Cl2N3O2/c1-20-13(19)8-4-5-17-12(11(8)16)18-10-6-7(14)2-3-9(10)15/h2-6H,16H2,1H3,(H,17,18). The first-order valence-electron chi connectivity index (χ1n) is 5.57. The fraction of sp³-hybridized carbons (Fsp3) is 0.0769. The fourth-order valence-electron chi connectivity index (χ4n) is 1.58. The number of nitrogens with two attached hydrogens (primary N) is 1. The third-order valence-electron chi connectivity index (χ3n) is 2.58. The van der Waals surface area contributed by atoms with Gasteiger partial charge in [0.25, 0.3) is 0 Å². The number of hydrogen-bond donors (Lipinski definition) is 2. The first-order chi connectivity index (χ1) is 9.52. The van der Waals surface area contributed by atoms with E-state index in [1.165, 1.54) is 19.4 Å². The van der Waals surface area contributed by atoms with Crippen LogP contribution in [0.4, 0.5) is 17.2 Å². The molecule has 7 heteroatoms. The SMILES string of the molecule is COC(=O)c1ccnc(Nc2cc(Cl)ccc2Cl)c1N. The molecule has 0 saturated heterocycles. The molecule has 0 aliphatic rings. The first kappa shape index (κ1) is 14.4. The Kier molecular flexibility index (Phi) is 4.32. The maximum atomic E-state index is 11.6. The van der Waals surface area contributed by atoms with Crippen molar-refractivity contribution in [3.63, 3.8) is 0 Å². The number of aromatic nitrogens is 1. The van der Waals surface area contributed by atoms with Crippen LogP contribution in [-0.4, -0.2) is 18.1 Å². The number of rotatable bonds is 3. The van der Waals surface area contributed by atoms with Crippen molar-refractivity contribution < 1.29 is 9.53 Å². The molecule has 5 nitrogen and oxygen atoms in total. The molecule has 0 saturated carbocycles. The highest BCUT2D eigenvalue weighted by atomic mass is 35.5. The van der Waals surface area contributed by atoms with E-state index in [4.69, 9.17) is 28.9 Å². The van der Waals surface area contributed by atoms with E-state index in [1.807, 2.05) is 0 Å². The molecule has 0 bridgehead atoms. The highest BCUT2D eigenvalue weighted by molar-refractivity contribution is 6.35. The lowest BCUT2D eigenvalue weighted by Crippen LogP contribution is -2.09.